The molecule has 0 spiro atoms. The minimum atomic E-state index is -4.84. The molecule has 0 aliphatic carbocycles. The van der Waals surface area contributed by atoms with Crippen LogP contribution >= 0.6 is 11.6 Å². The molecule has 9 heteroatoms. The van der Waals surface area contributed by atoms with Gasteiger partial charge in [0.05, 0.1) is 11.4 Å². The highest BCUT2D eigenvalue weighted by atomic mass is 35.5. The Morgan fingerprint density at radius 2 is 2.11 bits per heavy atom. The second-order valence-corrected chi connectivity index (χ2v) is 4.26. The van der Waals surface area contributed by atoms with Gasteiger partial charge in [0, 0.05) is 13.2 Å². The van der Waals surface area contributed by atoms with Crippen LogP contribution in [0, 0.1) is 0 Å². The third-order valence-electron chi connectivity index (χ3n) is 2.28. The molecule has 0 saturated carbocycles. The van der Waals surface area contributed by atoms with Crippen molar-refractivity contribution in [1.29, 1.82) is 0 Å². The molecule has 1 heterocycles. The fourth-order valence-corrected chi connectivity index (χ4v) is 1.66. The Morgan fingerprint density at radius 1 is 1.53 bits per heavy atom. The van der Waals surface area contributed by atoms with Crippen molar-refractivity contribution < 1.29 is 27.9 Å². The Kier molecular flexibility index (Phi) is 4.46. The van der Waals surface area contributed by atoms with Crippen molar-refractivity contribution in [2.45, 2.75) is 18.6 Å². The summed E-state index contributed by atoms with van der Waals surface area (Å²) in [5, 5.41) is 10.2. The van der Waals surface area contributed by atoms with Crippen LogP contribution in [0.25, 0.3) is 0 Å². The normalized spacial score (nSPS) is 13.1. The lowest BCUT2D eigenvalue weighted by atomic mass is 10.2. The standard InChI is InChI=1S/C10H10ClF3N2O3/c1-16-4-5(11)2-6(16)9(19)15-7(3-8(17)18)10(12,13)14/h2,4,7H,3H2,1H3,(H,15,19)(H,17,18). The van der Waals surface area contributed by atoms with Gasteiger partial charge in [-0.15, -0.1) is 0 Å². The molecule has 0 bridgehead atoms. The van der Waals surface area contributed by atoms with Gasteiger partial charge in [0.15, 0.2) is 0 Å². The lowest BCUT2D eigenvalue weighted by Gasteiger charge is -2.20. The first kappa shape index (κ1) is 15.4. The summed E-state index contributed by atoms with van der Waals surface area (Å²) in [5.41, 5.74) is -0.0929. The number of alkyl halides is 3. The number of rotatable bonds is 4. The van der Waals surface area contributed by atoms with E-state index in [-0.39, 0.29) is 10.7 Å². The van der Waals surface area contributed by atoms with Crippen molar-refractivity contribution >= 4 is 23.5 Å². The monoisotopic (exact) mass is 298 g/mol. The lowest BCUT2D eigenvalue weighted by molar-refractivity contribution is -0.165. The second-order valence-electron chi connectivity index (χ2n) is 3.82. The quantitative estimate of drug-likeness (QED) is 0.890. The van der Waals surface area contributed by atoms with Crippen LogP contribution in [0.1, 0.15) is 16.9 Å². The maximum Gasteiger partial charge on any atom is 0.409 e. The predicted octanol–water partition coefficient (Wildman–Crippen LogP) is 1.81. The molecule has 1 rings (SSSR count). The van der Waals surface area contributed by atoms with Gasteiger partial charge in [0.25, 0.3) is 5.91 Å². The highest BCUT2D eigenvalue weighted by Gasteiger charge is 2.42. The number of carbonyl (C=O) groups excluding carboxylic acids is 1. The Morgan fingerprint density at radius 3 is 2.47 bits per heavy atom. The van der Waals surface area contributed by atoms with Crippen LogP contribution < -0.4 is 5.32 Å². The number of aliphatic carboxylic acids is 1. The summed E-state index contributed by atoms with van der Waals surface area (Å²) >= 11 is 5.60. The summed E-state index contributed by atoms with van der Waals surface area (Å²) in [6.45, 7) is 0. The molecule has 5 nitrogen and oxygen atoms in total. The van der Waals surface area contributed by atoms with Crippen LogP contribution in [-0.4, -0.2) is 33.8 Å². The number of carbonyl (C=O) groups is 2. The first-order chi connectivity index (χ1) is 8.61. The van der Waals surface area contributed by atoms with Gasteiger partial charge >= 0.3 is 12.1 Å². The van der Waals surface area contributed by atoms with Crippen LogP contribution in [0.15, 0.2) is 12.3 Å². The molecule has 0 aromatic carbocycles. The molecule has 0 saturated heterocycles. The van der Waals surface area contributed by atoms with E-state index in [1.54, 1.807) is 5.32 Å². The van der Waals surface area contributed by atoms with Crippen molar-refractivity contribution in [2.75, 3.05) is 0 Å². The Balaban J connectivity index is 2.88. The SMILES string of the molecule is Cn1cc(Cl)cc1C(=O)NC(CC(=O)O)C(F)(F)F. The molecular formula is C10H10ClF3N2O3. The fourth-order valence-electron chi connectivity index (χ4n) is 1.41. The van der Waals surface area contributed by atoms with E-state index in [2.05, 4.69) is 0 Å². The fraction of sp³-hybridized carbons (Fsp3) is 0.400. The van der Waals surface area contributed by atoms with Crippen molar-refractivity contribution in [3.05, 3.63) is 23.0 Å². The molecule has 106 valence electrons. The molecule has 1 atom stereocenters. The maximum absolute atomic E-state index is 12.6. The molecule has 2 N–H and O–H groups in total. The highest BCUT2D eigenvalue weighted by molar-refractivity contribution is 6.31. The average Bonchev–Trinajstić information content (AvgIpc) is 2.54. The van der Waals surface area contributed by atoms with Gasteiger partial charge in [-0.05, 0) is 6.07 Å². The zero-order valence-electron chi connectivity index (χ0n) is 9.66. The molecule has 1 aromatic heterocycles. The van der Waals surface area contributed by atoms with Gasteiger partial charge in [-0.2, -0.15) is 13.2 Å². The van der Waals surface area contributed by atoms with Gasteiger partial charge in [0.1, 0.15) is 11.7 Å². The van der Waals surface area contributed by atoms with Crippen LogP contribution in [0.5, 0.6) is 0 Å². The molecule has 0 aliphatic heterocycles. The Hall–Kier alpha value is -1.70. The number of halogens is 4. The summed E-state index contributed by atoms with van der Waals surface area (Å²) in [6.07, 6.45) is -4.74. The van der Waals surface area contributed by atoms with Crippen molar-refractivity contribution in [3.63, 3.8) is 0 Å². The van der Waals surface area contributed by atoms with Crippen LogP contribution in [-0.2, 0) is 11.8 Å². The van der Waals surface area contributed by atoms with E-state index in [1.807, 2.05) is 0 Å². The van der Waals surface area contributed by atoms with Crippen molar-refractivity contribution in [2.24, 2.45) is 7.05 Å². The van der Waals surface area contributed by atoms with E-state index in [4.69, 9.17) is 16.7 Å². The third-order valence-corrected chi connectivity index (χ3v) is 2.49. The van der Waals surface area contributed by atoms with Crippen molar-refractivity contribution in [3.8, 4) is 0 Å². The average molecular weight is 299 g/mol. The van der Waals surface area contributed by atoms with Gasteiger partial charge in [-0.3, -0.25) is 9.59 Å². The Bertz CT molecular complexity index is 499. The number of amides is 1. The van der Waals surface area contributed by atoms with E-state index in [1.165, 1.54) is 23.9 Å². The maximum atomic E-state index is 12.6. The predicted molar refractivity (Wildman–Crippen MR) is 60.0 cm³/mol. The zero-order chi connectivity index (χ0) is 14.8. The van der Waals surface area contributed by atoms with E-state index < -0.39 is 30.5 Å². The van der Waals surface area contributed by atoms with Gasteiger partial charge in [-0.25, -0.2) is 0 Å². The number of nitrogens with zero attached hydrogens (tertiary/aromatic N) is 1. The van der Waals surface area contributed by atoms with Gasteiger partial charge < -0.3 is 15.0 Å². The topological polar surface area (TPSA) is 71.3 Å². The summed E-state index contributed by atoms with van der Waals surface area (Å²) in [7, 11) is 1.43. The zero-order valence-corrected chi connectivity index (χ0v) is 10.4. The van der Waals surface area contributed by atoms with Crippen LogP contribution in [0.4, 0.5) is 13.2 Å². The molecule has 0 aliphatic rings. The number of carboxylic acids is 1. The number of aromatic nitrogens is 1. The number of nitrogens with one attached hydrogen (secondary N) is 1. The summed E-state index contributed by atoms with van der Waals surface area (Å²) in [5.74, 6) is -2.70. The van der Waals surface area contributed by atoms with Gasteiger partial charge in [-0.1, -0.05) is 11.6 Å². The number of carboxylic acid groups (broad SMARTS) is 1. The molecule has 0 fully saturated rings. The second kappa shape index (κ2) is 5.52. The van der Waals surface area contributed by atoms with E-state index in [0.29, 0.717) is 0 Å². The highest BCUT2D eigenvalue weighted by Crippen LogP contribution is 2.23. The minimum absolute atomic E-state index is 0.0929. The first-order valence-corrected chi connectivity index (χ1v) is 5.40. The van der Waals surface area contributed by atoms with E-state index >= 15 is 0 Å². The molecule has 1 aromatic rings. The molecule has 0 radical (unpaired) electrons. The van der Waals surface area contributed by atoms with Crippen LogP contribution in [0.2, 0.25) is 5.02 Å². The lowest BCUT2D eigenvalue weighted by Crippen LogP contribution is -2.47. The molecular weight excluding hydrogens is 289 g/mol. The van der Waals surface area contributed by atoms with Crippen molar-refractivity contribution in [1.82, 2.24) is 9.88 Å². The molecule has 1 amide bonds. The first-order valence-electron chi connectivity index (χ1n) is 5.02. The third kappa shape index (κ3) is 4.16. The molecule has 19 heavy (non-hydrogen) atoms. The number of hydrogen-bond acceptors (Lipinski definition) is 2. The van der Waals surface area contributed by atoms with E-state index in [9.17, 15) is 22.8 Å². The molecule has 1 unspecified atom stereocenters. The number of aryl methyl sites for hydroxylation is 1. The number of hydrogen-bond donors (Lipinski definition) is 2. The smallest absolute Gasteiger partial charge is 0.409 e. The Labute approximate surface area is 111 Å². The van der Waals surface area contributed by atoms with Gasteiger partial charge in [0.2, 0.25) is 0 Å². The summed E-state index contributed by atoms with van der Waals surface area (Å²) < 4.78 is 38.9. The van der Waals surface area contributed by atoms with E-state index in [0.717, 1.165) is 0 Å². The summed E-state index contributed by atoms with van der Waals surface area (Å²) in [4.78, 5) is 22.0. The minimum Gasteiger partial charge on any atom is -0.481 e. The largest absolute Gasteiger partial charge is 0.481 e. The van der Waals surface area contributed by atoms with Crippen LogP contribution in [0.3, 0.4) is 0 Å². The summed E-state index contributed by atoms with van der Waals surface area (Å²) in [6, 6.07) is -1.27.